The largest absolute Gasteiger partial charge is 0.438 e. The minimum absolute atomic E-state index is 0.617. The monoisotopic (exact) mass is 321 g/mol. The molecule has 0 amide bonds. The van der Waals surface area contributed by atoms with Gasteiger partial charge in [-0.3, -0.25) is 0 Å². The molecule has 1 aromatic carbocycles. The van der Waals surface area contributed by atoms with Crippen molar-refractivity contribution in [3.8, 4) is 17.7 Å². The molecule has 0 unspecified atom stereocenters. The number of benzene rings is 1. The molecule has 1 aliphatic rings. The molecular weight excluding hydrogens is 306 g/mol. The first-order chi connectivity index (χ1) is 11.2. The maximum Gasteiger partial charge on any atom is 0.231 e. The highest BCUT2D eigenvalue weighted by Crippen LogP contribution is 2.41. The van der Waals surface area contributed by atoms with Crippen LogP contribution in [0.15, 0.2) is 30.6 Å². The Balaban J connectivity index is 1.76. The van der Waals surface area contributed by atoms with Crippen molar-refractivity contribution in [3.05, 3.63) is 46.6 Å². The summed E-state index contributed by atoms with van der Waals surface area (Å²) in [5, 5.41) is 9.93. The van der Waals surface area contributed by atoms with Gasteiger partial charge in [-0.15, -0.1) is 11.3 Å². The number of aryl methyl sites for hydroxylation is 1. The molecule has 0 saturated heterocycles. The highest BCUT2D eigenvalue weighted by atomic mass is 32.1. The lowest BCUT2D eigenvalue weighted by Crippen LogP contribution is -2.08. The van der Waals surface area contributed by atoms with Crippen LogP contribution in [0.3, 0.4) is 0 Å². The van der Waals surface area contributed by atoms with Crippen LogP contribution in [0, 0.1) is 17.2 Å². The first-order valence-corrected chi connectivity index (χ1v) is 8.49. The van der Waals surface area contributed by atoms with Gasteiger partial charge in [0.1, 0.15) is 16.9 Å². The van der Waals surface area contributed by atoms with Crippen LogP contribution < -0.4 is 4.74 Å². The van der Waals surface area contributed by atoms with Crippen molar-refractivity contribution in [1.82, 2.24) is 9.97 Å². The molecule has 0 fully saturated rings. The molecule has 4 rings (SSSR count). The van der Waals surface area contributed by atoms with E-state index < -0.39 is 0 Å². The van der Waals surface area contributed by atoms with E-state index in [4.69, 9.17) is 10.00 Å². The van der Waals surface area contributed by atoms with Crippen LogP contribution in [0.2, 0.25) is 0 Å². The molecular formula is C18H15N3OS. The second-order valence-electron chi connectivity index (χ2n) is 5.95. The number of aromatic nitrogens is 2. The molecule has 23 heavy (non-hydrogen) atoms. The minimum atomic E-state index is 0.617. The van der Waals surface area contributed by atoms with E-state index in [1.165, 1.54) is 16.9 Å². The van der Waals surface area contributed by atoms with Crippen molar-refractivity contribution in [2.24, 2.45) is 5.92 Å². The fourth-order valence-corrected chi connectivity index (χ4v) is 4.37. The summed E-state index contributed by atoms with van der Waals surface area (Å²) in [6, 6.07) is 9.20. The molecule has 0 aliphatic heterocycles. The topological polar surface area (TPSA) is 58.8 Å². The summed E-state index contributed by atoms with van der Waals surface area (Å²) in [5.41, 5.74) is 1.97. The number of fused-ring (bicyclic) bond motifs is 3. The van der Waals surface area contributed by atoms with Crippen molar-refractivity contribution in [2.45, 2.75) is 26.2 Å². The lowest BCUT2D eigenvalue weighted by atomic mass is 9.89. The third-order valence-corrected chi connectivity index (χ3v) is 5.42. The Morgan fingerprint density at radius 3 is 2.87 bits per heavy atom. The summed E-state index contributed by atoms with van der Waals surface area (Å²) in [6.07, 6.45) is 4.94. The van der Waals surface area contributed by atoms with E-state index in [2.05, 4.69) is 23.0 Å². The Labute approximate surface area is 138 Å². The third kappa shape index (κ3) is 2.55. The fourth-order valence-electron chi connectivity index (χ4n) is 3.03. The quantitative estimate of drug-likeness (QED) is 0.698. The molecule has 0 radical (unpaired) electrons. The average Bonchev–Trinajstić information content (AvgIpc) is 2.94. The molecule has 3 aromatic rings. The Bertz CT molecular complexity index is 908. The van der Waals surface area contributed by atoms with Gasteiger partial charge in [0, 0.05) is 4.88 Å². The zero-order valence-corrected chi connectivity index (χ0v) is 13.6. The molecule has 0 N–H and O–H groups in total. The summed E-state index contributed by atoms with van der Waals surface area (Å²) in [4.78, 5) is 11.2. The summed E-state index contributed by atoms with van der Waals surface area (Å²) in [5.74, 6) is 2.03. The van der Waals surface area contributed by atoms with Crippen LogP contribution in [-0.2, 0) is 12.8 Å². The second-order valence-corrected chi connectivity index (χ2v) is 7.03. The maximum atomic E-state index is 8.88. The second kappa shape index (κ2) is 5.64. The summed E-state index contributed by atoms with van der Waals surface area (Å²) in [6.45, 7) is 2.30. The summed E-state index contributed by atoms with van der Waals surface area (Å²) < 4.78 is 5.99. The highest BCUT2D eigenvalue weighted by molar-refractivity contribution is 7.18. The standard InChI is InChI=1S/C18H15N3OS/c1-11-2-7-14-15(8-11)23-18-16(14)17(20-10-21-18)22-13-5-3-12(9-19)4-6-13/h3-6,10-11H,2,7-8H2,1H3/t11-/m0/s1. The number of thiophene rings is 1. The van der Waals surface area contributed by atoms with E-state index in [1.54, 1.807) is 41.9 Å². The van der Waals surface area contributed by atoms with Crippen LogP contribution in [0.5, 0.6) is 11.6 Å². The lowest BCUT2D eigenvalue weighted by Gasteiger charge is -2.18. The van der Waals surface area contributed by atoms with Crippen LogP contribution in [0.4, 0.5) is 0 Å². The molecule has 114 valence electrons. The fraction of sp³-hybridized carbons (Fsp3) is 0.278. The van der Waals surface area contributed by atoms with Gasteiger partial charge in [-0.1, -0.05) is 6.92 Å². The molecule has 1 atom stereocenters. The van der Waals surface area contributed by atoms with Gasteiger partial charge in [0.2, 0.25) is 5.88 Å². The van der Waals surface area contributed by atoms with Crippen molar-refractivity contribution in [1.29, 1.82) is 5.26 Å². The van der Waals surface area contributed by atoms with Crippen molar-refractivity contribution in [3.63, 3.8) is 0 Å². The van der Waals surface area contributed by atoms with Gasteiger partial charge in [0.15, 0.2) is 0 Å². The Morgan fingerprint density at radius 1 is 1.26 bits per heavy atom. The van der Waals surface area contributed by atoms with Gasteiger partial charge in [-0.25, -0.2) is 9.97 Å². The molecule has 5 heteroatoms. The Kier molecular flexibility index (Phi) is 3.47. The first-order valence-electron chi connectivity index (χ1n) is 7.68. The smallest absolute Gasteiger partial charge is 0.231 e. The van der Waals surface area contributed by atoms with Crippen LogP contribution in [-0.4, -0.2) is 9.97 Å². The summed E-state index contributed by atoms with van der Waals surface area (Å²) >= 11 is 1.76. The predicted molar refractivity (Wildman–Crippen MR) is 89.8 cm³/mol. The van der Waals surface area contributed by atoms with E-state index in [0.717, 1.165) is 29.0 Å². The van der Waals surface area contributed by atoms with Gasteiger partial charge in [0.05, 0.1) is 17.0 Å². The number of nitrogens with zero attached hydrogens (tertiary/aromatic N) is 3. The molecule has 2 aromatic heterocycles. The molecule has 2 heterocycles. The number of hydrogen-bond acceptors (Lipinski definition) is 5. The van der Waals surface area contributed by atoms with Gasteiger partial charge in [0.25, 0.3) is 0 Å². The minimum Gasteiger partial charge on any atom is -0.438 e. The highest BCUT2D eigenvalue weighted by Gasteiger charge is 2.23. The number of rotatable bonds is 2. The molecule has 0 spiro atoms. The first kappa shape index (κ1) is 14.2. The molecule has 4 nitrogen and oxygen atoms in total. The van der Waals surface area contributed by atoms with Crippen LogP contribution in [0.25, 0.3) is 10.2 Å². The lowest BCUT2D eigenvalue weighted by molar-refractivity contribution is 0.466. The number of nitriles is 1. The van der Waals surface area contributed by atoms with Gasteiger partial charge in [-0.2, -0.15) is 5.26 Å². The SMILES string of the molecule is C[C@H]1CCc2c(sc3ncnc(Oc4ccc(C#N)cc4)c23)C1. The zero-order valence-electron chi connectivity index (χ0n) is 12.7. The summed E-state index contributed by atoms with van der Waals surface area (Å²) in [7, 11) is 0. The molecule has 1 aliphatic carbocycles. The average molecular weight is 321 g/mol. The Hall–Kier alpha value is -2.45. The van der Waals surface area contributed by atoms with E-state index in [1.807, 2.05) is 0 Å². The predicted octanol–water partition coefficient (Wildman–Crippen LogP) is 4.48. The van der Waals surface area contributed by atoms with Gasteiger partial charge in [-0.05, 0) is 55.0 Å². The maximum absolute atomic E-state index is 8.88. The van der Waals surface area contributed by atoms with Crippen molar-refractivity contribution >= 4 is 21.6 Å². The van der Waals surface area contributed by atoms with Gasteiger partial charge < -0.3 is 4.74 Å². The van der Waals surface area contributed by atoms with E-state index in [-0.39, 0.29) is 0 Å². The molecule has 0 bridgehead atoms. The normalized spacial score (nSPS) is 16.8. The molecule has 0 saturated carbocycles. The Morgan fingerprint density at radius 2 is 2.09 bits per heavy atom. The van der Waals surface area contributed by atoms with E-state index in [0.29, 0.717) is 17.2 Å². The van der Waals surface area contributed by atoms with Crippen molar-refractivity contribution in [2.75, 3.05) is 0 Å². The van der Waals surface area contributed by atoms with Crippen LogP contribution >= 0.6 is 11.3 Å². The van der Waals surface area contributed by atoms with Crippen LogP contribution in [0.1, 0.15) is 29.3 Å². The van der Waals surface area contributed by atoms with E-state index in [9.17, 15) is 0 Å². The van der Waals surface area contributed by atoms with E-state index >= 15 is 0 Å². The third-order valence-electron chi connectivity index (χ3n) is 4.25. The van der Waals surface area contributed by atoms with Crippen molar-refractivity contribution < 1.29 is 4.74 Å². The zero-order chi connectivity index (χ0) is 15.8. The van der Waals surface area contributed by atoms with Gasteiger partial charge >= 0.3 is 0 Å². The number of hydrogen-bond donors (Lipinski definition) is 0. The number of ether oxygens (including phenoxy) is 1.